The van der Waals surface area contributed by atoms with Gasteiger partial charge in [-0.05, 0) is 46.8 Å². The molecule has 0 saturated carbocycles. The molecule has 0 unspecified atom stereocenters. The summed E-state index contributed by atoms with van der Waals surface area (Å²) in [5, 5.41) is 26.3. The topological polar surface area (TPSA) is 133 Å². The van der Waals surface area contributed by atoms with Crippen LogP contribution in [0.25, 0.3) is 5.69 Å². The number of carbonyl (C=O) groups excluding carboxylic acids is 1. The van der Waals surface area contributed by atoms with Crippen molar-refractivity contribution in [1.29, 1.82) is 0 Å². The lowest BCUT2D eigenvalue weighted by atomic mass is 10.3. The van der Waals surface area contributed by atoms with Crippen molar-refractivity contribution < 1.29 is 24.1 Å². The number of carbonyl (C=O) groups is 1. The highest BCUT2D eigenvalue weighted by atomic mass is 16.5. The van der Waals surface area contributed by atoms with Gasteiger partial charge in [0.25, 0.3) is 0 Å². The van der Waals surface area contributed by atoms with Gasteiger partial charge in [-0.15, -0.1) is 5.10 Å². The lowest BCUT2D eigenvalue weighted by Gasteiger charge is -2.17. The van der Waals surface area contributed by atoms with Crippen molar-refractivity contribution in [1.82, 2.24) is 25.5 Å². The molecule has 0 aliphatic heterocycles. The molecular weight excluding hydrogens is 392 g/mol. The predicted octanol–water partition coefficient (Wildman–Crippen LogP) is 1.24. The Hall–Kier alpha value is -3.86. The highest BCUT2D eigenvalue weighted by molar-refractivity contribution is 5.89. The van der Waals surface area contributed by atoms with Gasteiger partial charge in [0.2, 0.25) is 5.75 Å². The zero-order valence-electron chi connectivity index (χ0n) is 16.5. The third kappa shape index (κ3) is 5.35. The average Bonchev–Trinajstić information content (AvgIpc) is 3.31. The van der Waals surface area contributed by atoms with Crippen LogP contribution in [-0.2, 0) is 0 Å². The number of aromatic nitrogens is 4. The van der Waals surface area contributed by atoms with Crippen LogP contribution in [0.4, 0.5) is 10.5 Å². The molecule has 3 aromatic rings. The van der Waals surface area contributed by atoms with Crippen LogP contribution in [0.3, 0.4) is 0 Å². The van der Waals surface area contributed by atoms with E-state index in [0.717, 1.165) is 5.69 Å². The van der Waals surface area contributed by atoms with Crippen molar-refractivity contribution in [2.75, 3.05) is 32.7 Å². The Labute approximate surface area is 172 Å². The molecule has 0 fully saturated rings. The summed E-state index contributed by atoms with van der Waals surface area (Å²) in [6.45, 7) is -0.0658. The normalized spacial score (nSPS) is 11.4. The van der Waals surface area contributed by atoms with Crippen LogP contribution < -0.4 is 24.8 Å². The molecule has 0 aliphatic carbocycles. The molecule has 0 saturated heterocycles. The monoisotopic (exact) mass is 414 g/mol. The van der Waals surface area contributed by atoms with E-state index in [0.29, 0.717) is 22.9 Å². The maximum absolute atomic E-state index is 12.1. The lowest BCUT2D eigenvalue weighted by Crippen LogP contribution is -2.37. The fourth-order valence-electron chi connectivity index (χ4n) is 2.56. The van der Waals surface area contributed by atoms with E-state index in [1.54, 1.807) is 42.5 Å². The van der Waals surface area contributed by atoms with Crippen molar-refractivity contribution in [2.24, 2.45) is 0 Å². The van der Waals surface area contributed by atoms with Crippen LogP contribution in [-0.4, -0.2) is 64.8 Å². The van der Waals surface area contributed by atoms with Crippen molar-refractivity contribution in [2.45, 2.75) is 6.10 Å². The van der Waals surface area contributed by atoms with Gasteiger partial charge in [-0.25, -0.2) is 9.48 Å². The van der Waals surface area contributed by atoms with Crippen LogP contribution in [0.15, 0.2) is 48.8 Å². The van der Waals surface area contributed by atoms with Gasteiger partial charge in [0, 0.05) is 12.2 Å². The van der Waals surface area contributed by atoms with Crippen LogP contribution >= 0.6 is 0 Å². The Morgan fingerprint density at radius 3 is 2.43 bits per heavy atom. The molecule has 11 heteroatoms. The van der Waals surface area contributed by atoms with Crippen molar-refractivity contribution in [3.63, 3.8) is 0 Å². The van der Waals surface area contributed by atoms with Crippen LogP contribution in [0.5, 0.6) is 17.2 Å². The Bertz CT molecular complexity index is 926. The number of nitrogens with one attached hydrogen (secondary N) is 2. The third-order valence-electron chi connectivity index (χ3n) is 4.04. The van der Waals surface area contributed by atoms with E-state index in [1.165, 1.54) is 25.2 Å². The highest BCUT2D eigenvalue weighted by Crippen LogP contribution is 2.36. The molecule has 1 heterocycles. The van der Waals surface area contributed by atoms with E-state index < -0.39 is 12.1 Å². The van der Waals surface area contributed by atoms with Crippen molar-refractivity contribution >= 4 is 11.7 Å². The zero-order valence-corrected chi connectivity index (χ0v) is 16.5. The van der Waals surface area contributed by atoms with Gasteiger partial charge >= 0.3 is 6.03 Å². The van der Waals surface area contributed by atoms with Gasteiger partial charge in [0.15, 0.2) is 11.5 Å². The number of nitrogens with zero attached hydrogens (tertiary/aromatic N) is 4. The van der Waals surface area contributed by atoms with E-state index in [-0.39, 0.29) is 13.2 Å². The van der Waals surface area contributed by atoms with E-state index in [4.69, 9.17) is 14.2 Å². The predicted molar refractivity (Wildman–Crippen MR) is 107 cm³/mol. The number of hydrogen-bond donors (Lipinski definition) is 3. The first-order valence-corrected chi connectivity index (χ1v) is 9.01. The summed E-state index contributed by atoms with van der Waals surface area (Å²) in [5.74, 6) is 1.35. The minimum Gasteiger partial charge on any atom is -0.493 e. The van der Waals surface area contributed by atoms with Crippen molar-refractivity contribution in [3.8, 4) is 22.9 Å². The van der Waals surface area contributed by atoms with E-state index in [1.807, 2.05) is 0 Å². The number of hydrogen-bond acceptors (Lipinski definition) is 8. The number of amides is 2. The van der Waals surface area contributed by atoms with E-state index >= 15 is 0 Å². The fraction of sp³-hybridized carbons (Fsp3) is 0.263. The number of benzene rings is 2. The summed E-state index contributed by atoms with van der Waals surface area (Å²) in [6.07, 6.45) is 0.534. The number of ether oxygens (including phenoxy) is 3. The molecular formula is C19H22N6O5. The minimum atomic E-state index is -0.937. The van der Waals surface area contributed by atoms with Crippen LogP contribution in [0, 0.1) is 0 Å². The minimum absolute atomic E-state index is 0.00793. The Kier molecular flexibility index (Phi) is 7.00. The summed E-state index contributed by atoms with van der Waals surface area (Å²) in [5.41, 5.74) is 1.33. The fourth-order valence-corrected chi connectivity index (χ4v) is 2.56. The van der Waals surface area contributed by atoms with Crippen LogP contribution in [0.2, 0.25) is 0 Å². The molecule has 0 bridgehead atoms. The van der Waals surface area contributed by atoms with E-state index in [9.17, 15) is 9.90 Å². The van der Waals surface area contributed by atoms with Gasteiger partial charge in [-0.1, -0.05) is 6.07 Å². The summed E-state index contributed by atoms with van der Waals surface area (Å²) in [6, 6.07) is 11.7. The lowest BCUT2D eigenvalue weighted by molar-refractivity contribution is 0.105. The van der Waals surface area contributed by atoms with Crippen LogP contribution in [0.1, 0.15) is 0 Å². The smallest absolute Gasteiger partial charge is 0.319 e. The number of rotatable bonds is 9. The quantitative estimate of drug-likeness (QED) is 0.476. The first kappa shape index (κ1) is 20.9. The molecule has 0 radical (unpaired) electrons. The SMILES string of the molecule is COc1cccc(OC)c1OC[C@H](O)CNC(=O)Nc1ccc(-n2cnnn2)cc1. The molecule has 11 nitrogen and oxygen atoms in total. The zero-order chi connectivity index (χ0) is 21.3. The number of methoxy groups -OCH3 is 2. The third-order valence-corrected chi connectivity index (χ3v) is 4.04. The van der Waals surface area contributed by atoms with Gasteiger partial charge in [-0.3, -0.25) is 0 Å². The number of anilines is 1. The van der Waals surface area contributed by atoms with E-state index in [2.05, 4.69) is 26.2 Å². The molecule has 158 valence electrons. The first-order valence-electron chi connectivity index (χ1n) is 9.01. The van der Waals surface area contributed by atoms with Gasteiger partial charge in [0.05, 0.1) is 19.9 Å². The van der Waals surface area contributed by atoms with Crippen molar-refractivity contribution in [3.05, 3.63) is 48.8 Å². The molecule has 2 aromatic carbocycles. The summed E-state index contributed by atoms with van der Waals surface area (Å²) in [7, 11) is 3.03. The maximum Gasteiger partial charge on any atom is 0.319 e. The number of tetrazole rings is 1. The molecule has 0 aliphatic rings. The largest absolute Gasteiger partial charge is 0.493 e. The highest BCUT2D eigenvalue weighted by Gasteiger charge is 2.14. The second kappa shape index (κ2) is 10.1. The number of aliphatic hydroxyl groups is 1. The number of para-hydroxylation sites is 1. The summed E-state index contributed by atoms with van der Waals surface area (Å²) < 4.78 is 17.6. The Balaban J connectivity index is 1.46. The molecule has 2 amide bonds. The second-order valence-corrected chi connectivity index (χ2v) is 6.09. The standard InChI is InChI=1S/C19H22N6O5/c1-28-16-4-3-5-17(29-2)18(16)30-11-15(26)10-20-19(27)22-13-6-8-14(9-7-13)25-12-21-23-24-25/h3-9,12,15,26H,10-11H2,1-2H3,(H2,20,22,27)/t15-/m1/s1. The summed E-state index contributed by atoms with van der Waals surface area (Å²) >= 11 is 0. The number of aliphatic hydroxyl groups excluding tert-OH is 1. The van der Waals surface area contributed by atoms with Gasteiger partial charge in [0.1, 0.15) is 19.0 Å². The van der Waals surface area contributed by atoms with Gasteiger partial charge in [-0.2, -0.15) is 0 Å². The molecule has 1 atom stereocenters. The average molecular weight is 414 g/mol. The summed E-state index contributed by atoms with van der Waals surface area (Å²) in [4.78, 5) is 12.1. The second-order valence-electron chi connectivity index (χ2n) is 6.09. The van der Waals surface area contributed by atoms with Gasteiger partial charge < -0.3 is 30.0 Å². The first-order chi connectivity index (χ1) is 14.6. The molecule has 30 heavy (non-hydrogen) atoms. The molecule has 1 aromatic heterocycles. The maximum atomic E-state index is 12.1. The molecule has 3 rings (SSSR count). The molecule has 0 spiro atoms. The Morgan fingerprint density at radius 1 is 1.13 bits per heavy atom. The Morgan fingerprint density at radius 2 is 1.83 bits per heavy atom. The number of urea groups is 1. The molecule has 3 N–H and O–H groups in total.